The minimum Gasteiger partial charge on any atom is -0.357 e. The lowest BCUT2D eigenvalue weighted by molar-refractivity contribution is 0.178. The van der Waals surface area contributed by atoms with Crippen molar-refractivity contribution in [3.63, 3.8) is 0 Å². The number of aromatic nitrogens is 1. The molecule has 0 bridgehead atoms. The Kier molecular flexibility index (Phi) is 8.42. The quantitative estimate of drug-likeness (QED) is 0.570. The minimum absolute atomic E-state index is 0.555. The van der Waals surface area contributed by atoms with E-state index in [1.165, 1.54) is 4.88 Å². The summed E-state index contributed by atoms with van der Waals surface area (Å²) in [6.07, 6.45) is 1.90. The average Bonchev–Trinajstić information content (AvgIpc) is 2.85. The monoisotopic (exact) mass is 325 g/mol. The summed E-state index contributed by atoms with van der Waals surface area (Å²) in [6, 6.07) is 1.11. The molecule has 126 valence electrons. The maximum absolute atomic E-state index is 4.61. The minimum atomic E-state index is 0.555. The number of hydrogen-bond acceptors (Lipinski definition) is 4. The lowest BCUT2D eigenvalue weighted by Gasteiger charge is -2.30. The van der Waals surface area contributed by atoms with Gasteiger partial charge in [-0.05, 0) is 41.5 Å². The van der Waals surface area contributed by atoms with Crippen molar-refractivity contribution < 1.29 is 0 Å². The molecular weight excluding hydrogens is 294 g/mol. The van der Waals surface area contributed by atoms with Gasteiger partial charge in [-0.15, -0.1) is 11.3 Å². The highest BCUT2D eigenvalue weighted by Gasteiger charge is 2.12. The first-order valence-corrected chi connectivity index (χ1v) is 8.94. The molecule has 2 N–H and O–H groups in total. The Morgan fingerprint density at radius 1 is 1.27 bits per heavy atom. The zero-order valence-electron chi connectivity index (χ0n) is 14.8. The first-order chi connectivity index (χ1) is 10.4. The molecule has 0 spiro atoms. The van der Waals surface area contributed by atoms with E-state index in [1.54, 1.807) is 11.3 Å². The molecule has 1 aromatic heterocycles. The van der Waals surface area contributed by atoms with Gasteiger partial charge in [-0.3, -0.25) is 4.90 Å². The molecule has 0 amide bonds. The van der Waals surface area contributed by atoms with Crippen LogP contribution < -0.4 is 10.6 Å². The molecular formula is C16H31N5S. The third-order valence-corrected chi connectivity index (χ3v) is 4.27. The van der Waals surface area contributed by atoms with Crippen LogP contribution in [0.3, 0.4) is 0 Å². The highest BCUT2D eigenvalue weighted by Crippen LogP contribution is 2.11. The van der Waals surface area contributed by atoms with Gasteiger partial charge in [0.1, 0.15) is 5.01 Å². The van der Waals surface area contributed by atoms with Crippen LogP contribution >= 0.6 is 11.3 Å². The molecule has 0 aliphatic carbocycles. The van der Waals surface area contributed by atoms with Gasteiger partial charge in [-0.25, -0.2) is 9.98 Å². The third kappa shape index (κ3) is 6.75. The largest absolute Gasteiger partial charge is 0.357 e. The lowest BCUT2D eigenvalue weighted by atomic mass is 10.2. The van der Waals surface area contributed by atoms with Crippen molar-refractivity contribution in [3.8, 4) is 0 Å². The van der Waals surface area contributed by atoms with Gasteiger partial charge in [0.2, 0.25) is 0 Å². The van der Waals surface area contributed by atoms with Gasteiger partial charge < -0.3 is 10.6 Å². The van der Waals surface area contributed by atoms with Crippen LogP contribution in [0, 0.1) is 6.92 Å². The van der Waals surface area contributed by atoms with Crippen molar-refractivity contribution in [1.29, 1.82) is 0 Å². The van der Waals surface area contributed by atoms with Crippen LogP contribution in [0.15, 0.2) is 11.2 Å². The van der Waals surface area contributed by atoms with Crippen LogP contribution in [0.25, 0.3) is 0 Å². The Morgan fingerprint density at radius 3 is 2.45 bits per heavy atom. The summed E-state index contributed by atoms with van der Waals surface area (Å²) in [5.41, 5.74) is 0. The Hall–Kier alpha value is -1.14. The van der Waals surface area contributed by atoms with Gasteiger partial charge in [0.15, 0.2) is 5.96 Å². The summed E-state index contributed by atoms with van der Waals surface area (Å²) in [5, 5.41) is 7.76. The molecule has 0 radical (unpaired) electrons. The summed E-state index contributed by atoms with van der Waals surface area (Å²) in [5.74, 6) is 0.864. The normalized spacial score (nSPS) is 12.5. The van der Waals surface area contributed by atoms with Gasteiger partial charge >= 0.3 is 0 Å². The summed E-state index contributed by atoms with van der Waals surface area (Å²) in [7, 11) is 0. The molecule has 0 atom stereocenters. The average molecular weight is 326 g/mol. The molecule has 1 rings (SSSR count). The van der Waals surface area contributed by atoms with E-state index in [0.29, 0.717) is 18.6 Å². The molecule has 0 aliphatic heterocycles. The van der Waals surface area contributed by atoms with Crippen molar-refractivity contribution in [1.82, 2.24) is 20.5 Å². The molecule has 0 aliphatic rings. The van der Waals surface area contributed by atoms with E-state index in [-0.39, 0.29) is 0 Å². The molecule has 22 heavy (non-hydrogen) atoms. The third-order valence-electron chi connectivity index (χ3n) is 3.37. The fourth-order valence-electron chi connectivity index (χ4n) is 2.38. The Morgan fingerprint density at radius 2 is 1.95 bits per heavy atom. The molecule has 6 heteroatoms. The fourth-order valence-corrected chi connectivity index (χ4v) is 3.09. The second-order valence-corrected chi connectivity index (χ2v) is 7.23. The van der Waals surface area contributed by atoms with Crippen molar-refractivity contribution in [2.75, 3.05) is 19.6 Å². The number of thiazole rings is 1. The predicted molar refractivity (Wildman–Crippen MR) is 96.6 cm³/mol. The topological polar surface area (TPSA) is 52.6 Å². The highest BCUT2D eigenvalue weighted by molar-refractivity contribution is 7.11. The van der Waals surface area contributed by atoms with Crippen LogP contribution in [0.2, 0.25) is 0 Å². The van der Waals surface area contributed by atoms with E-state index in [1.807, 2.05) is 6.20 Å². The first kappa shape index (κ1) is 18.9. The van der Waals surface area contributed by atoms with E-state index >= 15 is 0 Å². The number of aryl methyl sites for hydroxylation is 1. The number of hydrogen-bond donors (Lipinski definition) is 2. The van der Waals surface area contributed by atoms with Crippen LogP contribution in [-0.2, 0) is 6.54 Å². The van der Waals surface area contributed by atoms with Crippen LogP contribution in [0.4, 0.5) is 0 Å². The summed E-state index contributed by atoms with van der Waals surface area (Å²) < 4.78 is 0. The highest BCUT2D eigenvalue weighted by atomic mass is 32.1. The van der Waals surface area contributed by atoms with Crippen LogP contribution in [0.1, 0.15) is 44.5 Å². The maximum Gasteiger partial charge on any atom is 0.191 e. The van der Waals surface area contributed by atoms with E-state index in [4.69, 9.17) is 0 Å². The zero-order valence-corrected chi connectivity index (χ0v) is 15.6. The van der Waals surface area contributed by atoms with E-state index in [9.17, 15) is 0 Å². The standard InChI is InChI=1S/C16H31N5S/c1-7-17-16(20-11-15-19-10-14(6)22-15)18-8-9-21(12(2)3)13(4)5/h10,12-13H,7-9,11H2,1-6H3,(H2,17,18,20). The zero-order chi connectivity index (χ0) is 16.5. The van der Waals surface area contributed by atoms with E-state index < -0.39 is 0 Å². The van der Waals surface area contributed by atoms with Gasteiger partial charge in [0, 0.05) is 42.8 Å². The number of aliphatic imine (C=N–C) groups is 1. The second-order valence-electron chi connectivity index (χ2n) is 5.91. The van der Waals surface area contributed by atoms with Crippen LogP contribution in [0.5, 0.6) is 0 Å². The molecule has 0 aromatic carbocycles. The molecule has 1 aromatic rings. The summed E-state index contributed by atoms with van der Waals surface area (Å²) in [4.78, 5) is 12.7. The number of nitrogens with one attached hydrogen (secondary N) is 2. The van der Waals surface area contributed by atoms with Gasteiger partial charge in [-0.2, -0.15) is 0 Å². The summed E-state index contributed by atoms with van der Waals surface area (Å²) >= 11 is 1.70. The van der Waals surface area contributed by atoms with Gasteiger partial charge in [-0.1, -0.05) is 0 Å². The summed E-state index contributed by atoms with van der Waals surface area (Å²) in [6.45, 7) is 16.5. The molecule has 5 nitrogen and oxygen atoms in total. The Bertz CT molecular complexity index is 445. The SMILES string of the molecule is CCNC(=NCc1ncc(C)s1)NCCN(C(C)C)C(C)C. The van der Waals surface area contributed by atoms with E-state index in [2.05, 4.69) is 67.1 Å². The first-order valence-electron chi connectivity index (χ1n) is 8.13. The van der Waals surface area contributed by atoms with Gasteiger partial charge in [0.25, 0.3) is 0 Å². The number of nitrogens with zero attached hydrogens (tertiary/aromatic N) is 3. The Balaban J connectivity index is 2.49. The predicted octanol–water partition coefficient (Wildman–Crippen LogP) is 2.63. The van der Waals surface area contributed by atoms with Crippen molar-refractivity contribution in [3.05, 3.63) is 16.1 Å². The molecule has 0 saturated carbocycles. The number of rotatable bonds is 8. The van der Waals surface area contributed by atoms with Crippen LogP contribution in [-0.4, -0.2) is 47.6 Å². The fraction of sp³-hybridized carbons (Fsp3) is 0.750. The van der Waals surface area contributed by atoms with Crippen molar-refractivity contribution in [2.24, 2.45) is 4.99 Å². The van der Waals surface area contributed by atoms with Gasteiger partial charge in [0.05, 0.1) is 6.54 Å². The second kappa shape index (κ2) is 9.79. The molecule has 0 saturated heterocycles. The van der Waals surface area contributed by atoms with Crippen molar-refractivity contribution in [2.45, 2.75) is 60.2 Å². The lowest BCUT2D eigenvalue weighted by Crippen LogP contribution is -2.45. The van der Waals surface area contributed by atoms with Crippen molar-refractivity contribution >= 4 is 17.3 Å². The smallest absolute Gasteiger partial charge is 0.191 e. The Labute approximate surface area is 139 Å². The molecule has 0 unspecified atom stereocenters. The molecule has 0 fully saturated rings. The van der Waals surface area contributed by atoms with E-state index in [0.717, 1.165) is 30.6 Å². The number of guanidine groups is 1. The maximum atomic E-state index is 4.61. The molecule has 1 heterocycles.